The van der Waals surface area contributed by atoms with Gasteiger partial charge >= 0.3 is 0 Å². The summed E-state index contributed by atoms with van der Waals surface area (Å²) in [7, 11) is 0. The maximum Gasteiger partial charge on any atom is 0.224 e. The van der Waals surface area contributed by atoms with E-state index in [9.17, 15) is 18.3 Å². The Morgan fingerprint density at radius 2 is 2.00 bits per heavy atom. The molecule has 1 saturated heterocycles. The van der Waals surface area contributed by atoms with Crippen LogP contribution in [-0.4, -0.2) is 50.0 Å². The van der Waals surface area contributed by atoms with Crippen LogP contribution in [0.4, 0.5) is 30.8 Å². The summed E-state index contributed by atoms with van der Waals surface area (Å²) in [6, 6.07) is -0.232. The number of benzene rings is 1. The minimum absolute atomic E-state index is 0.0132. The average molecular weight is 453 g/mol. The number of fused-ring (bicyclic) bond motifs is 1. The highest BCUT2D eigenvalue weighted by molar-refractivity contribution is 5.76. The SMILES string of the molecule is [2H]C1C(Nc2ncc3nc(Nc4c(F)cc(F)cc4F)n(C4CCOC4)c3n2)CC([2H])C([2H])(O)C1([2H])[2H]. The first-order valence-electron chi connectivity index (χ1n) is 12.6. The molecule has 0 bridgehead atoms. The van der Waals surface area contributed by atoms with Gasteiger partial charge in [-0.05, 0) is 32.0 Å². The number of aromatic nitrogens is 4. The van der Waals surface area contributed by atoms with Gasteiger partial charge in [-0.1, -0.05) is 0 Å². The molecular formula is C21H23F3N6O2. The lowest BCUT2D eigenvalue weighted by Crippen LogP contribution is -2.29. The van der Waals surface area contributed by atoms with Gasteiger partial charge in [-0.25, -0.2) is 23.1 Å². The van der Waals surface area contributed by atoms with Crippen molar-refractivity contribution in [2.45, 2.75) is 50.2 Å². The Kier molecular flexibility index (Phi) is 4.22. The van der Waals surface area contributed by atoms with E-state index in [1.807, 2.05) is 0 Å². The molecule has 1 saturated carbocycles. The average Bonchev–Trinajstić information content (AvgIpc) is 3.46. The largest absolute Gasteiger partial charge is 0.393 e. The maximum atomic E-state index is 14.3. The van der Waals surface area contributed by atoms with Crippen LogP contribution in [0.25, 0.3) is 11.2 Å². The summed E-state index contributed by atoms with van der Waals surface area (Å²) in [5.41, 5.74) is -0.101. The van der Waals surface area contributed by atoms with Crippen LogP contribution < -0.4 is 10.6 Å². The Balaban J connectivity index is 1.51. The molecule has 0 radical (unpaired) electrons. The lowest BCUT2D eigenvalue weighted by atomic mass is 9.93. The van der Waals surface area contributed by atoms with E-state index in [0.29, 0.717) is 25.2 Å². The molecule has 3 heterocycles. The molecule has 5 atom stereocenters. The molecule has 1 aliphatic carbocycles. The van der Waals surface area contributed by atoms with Gasteiger partial charge in [0.15, 0.2) is 17.3 Å². The number of anilines is 3. The van der Waals surface area contributed by atoms with E-state index in [1.54, 1.807) is 4.57 Å². The van der Waals surface area contributed by atoms with Crippen LogP contribution >= 0.6 is 0 Å². The fraction of sp³-hybridized carbons (Fsp3) is 0.476. The van der Waals surface area contributed by atoms with Crippen molar-refractivity contribution in [2.75, 3.05) is 23.8 Å². The molecule has 2 fully saturated rings. The molecule has 32 heavy (non-hydrogen) atoms. The summed E-state index contributed by atoms with van der Waals surface area (Å²) in [4.78, 5) is 12.9. The minimum atomic E-state index is -2.75. The zero-order valence-electron chi connectivity index (χ0n) is 21.6. The van der Waals surface area contributed by atoms with E-state index in [1.165, 1.54) is 6.20 Å². The van der Waals surface area contributed by atoms with Gasteiger partial charge in [-0.15, -0.1) is 0 Å². The van der Waals surface area contributed by atoms with Gasteiger partial charge in [-0.2, -0.15) is 4.98 Å². The molecule has 1 aliphatic heterocycles. The lowest BCUT2D eigenvalue weighted by molar-refractivity contribution is 0.126. The highest BCUT2D eigenvalue weighted by Crippen LogP contribution is 2.32. The molecule has 2 aromatic heterocycles. The van der Waals surface area contributed by atoms with E-state index in [-0.39, 0.29) is 42.1 Å². The molecule has 11 heteroatoms. The molecule has 3 aromatic rings. The Morgan fingerprint density at radius 1 is 1.19 bits per heavy atom. The number of halogens is 3. The smallest absolute Gasteiger partial charge is 0.224 e. The Bertz CT molecular complexity index is 1320. The molecule has 3 N–H and O–H groups in total. The van der Waals surface area contributed by atoms with Gasteiger partial charge in [-0.3, -0.25) is 4.57 Å². The standard InChI is InChI=1S/C21H23F3N6O2/c22-11-7-15(23)18(16(24)8-11)28-21-27-17-9-25-20(26-12-1-3-14(31)4-2-12)29-19(17)30(21)13-5-6-32-10-13/h7-9,12-14,31H,1-6,10H2,(H,27,28)(H,25,26,29)/i1D,3D2,4D,14D. The minimum Gasteiger partial charge on any atom is -0.393 e. The van der Waals surface area contributed by atoms with Crippen LogP contribution in [0.1, 0.15) is 44.9 Å². The van der Waals surface area contributed by atoms with E-state index in [4.69, 9.17) is 11.6 Å². The van der Waals surface area contributed by atoms with Gasteiger partial charge in [0.25, 0.3) is 0 Å². The summed E-state index contributed by atoms with van der Waals surface area (Å²) in [5, 5.41) is 15.5. The number of hydrogen-bond donors (Lipinski definition) is 3. The monoisotopic (exact) mass is 453 g/mol. The fourth-order valence-corrected chi connectivity index (χ4v) is 3.71. The zero-order valence-corrected chi connectivity index (χ0v) is 16.6. The summed E-state index contributed by atoms with van der Waals surface area (Å²) in [5.74, 6) is -3.39. The Hall–Kier alpha value is -2.92. The van der Waals surface area contributed by atoms with Crippen molar-refractivity contribution in [1.29, 1.82) is 0 Å². The number of nitrogens with zero attached hydrogens (tertiary/aromatic N) is 4. The highest BCUT2D eigenvalue weighted by Gasteiger charge is 2.27. The second-order valence-electron chi connectivity index (χ2n) is 7.48. The van der Waals surface area contributed by atoms with Crippen LogP contribution in [0.5, 0.6) is 0 Å². The van der Waals surface area contributed by atoms with Crippen LogP contribution in [-0.2, 0) is 4.74 Å². The predicted molar refractivity (Wildman–Crippen MR) is 111 cm³/mol. The summed E-state index contributed by atoms with van der Waals surface area (Å²) < 4.78 is 89.2. The second-order valence-corrected chi connectivity index (χ2v) is 7.48. The van der Waals surface area contributed by atoms with Gasteiger partial charge in [0.1, 0.15) is 17.0 Å². The third-order valence-corrected chi connectivity index (χ3v) is 5.26. The first-order chi connectivity index (χ1) is 17.4. The van der Waals surface area contributed by atoms with Crippen LogP contribution in [0.3, 0.4) is 0 Å². The molecular weight excluding hydrogens is 425 g/mol. The normalized spacial score (nSPS) is 34.3. The number of rotatable bonds is 5. The van der Waals surface area contributed by atoms with Crippen molar-refractivity contribution in [3.05, 3.63) is 35.8 Å². The van der Waals surface area contributed by atoms with Crippen molar-refractivity contribution in [2.24, 2.45) is 0 Å². The van der Waals surface area contributed by atoms with Crippen LogP contribution in [0, 0.1) is 17.5 Å². The van der Waals surface area contributed by atoms with E-state index >= 15 is 0 Å². The van der Waals surface area contributed by atoms with Gasteiger partial charge < -0.3 is 20.5 Å². The third kappa shape index (κ3) is 4.09. The molecule has 0 amide bonds. The molecule has 170 valence electrons. The summed E-state index contributed by atoms with van der Waals surface area (Å²) in [6.07, 6.45) is -6.93. The van der Waals surface area contributed by atoms with Crippen molar-refractivity contribution < 1.29 is 29.9 Å². The second kappa shape index (κ2) is 8.55. The lowest BCUT2D eigenvalue weighted by Gasteiger charge is -2.26. The molecule has 8 nitrogen and oxygen atoms in total. The van der Waals surface area contributed by atoms with Gasteiger partial charge in [0.2, 0.25) is 11.9 Å². The third-order valence-electron chi connectivity index (χ3n) is 5.26. The highest BCUT2D eigenvalue weighted by atomic mass is 19.1. The fourth-order valence-electron chi connectivity index (χ4n) is 3.71. The van der Waals surface area contributed by atoms with Gasteiger partial charge in [0, 0.05) is 30.3 Å². The molecule has 5 unspecified atom stereocenters. The Labute approximate surface area is 188 Å². The first kappa shape index (κ1) is 15.8. The molecule has 0 spiro atoms. The number of hydrogen-bond acceptors (Lipinski definition) is 7. The van der Waals surface area contributed by atoms with E-state index < -0.39 is 54.4 Å². The molecule has 2 aliphatic rings. The summed E-state index contributed by atoms with van der Waals surface area (Å²) in [6.45, 7) is 0.694. The number of ether oxygens (including phenoxy) is 1. The number of aliphatic hydroxyl groups is 1. The summed E-state index contributed by atoms with van der Waals surface area (Å²) >= 11 is 0. The quantitative estimate of drug-likeness (QED) is 0.542. The van der Waals surface area contributed by atoms with Crippen molar-refractivity contribution in [1.82, 2.24) is 19.5 Å². The number of nitrogens with one attached hydrogen (secondary N) is 2. The zero-order chi connectivity index (χ0) is 26.7. The van der Waals surface area contributed by atoms with Crippen molar-refractivity contribution in [3.8, 4) is 0 Å². The van der Waals surface area contributed by atoms with Gasteiger partial charge in [0.05, 0.1) is 26.3 Å². The topological polar surface area (TPSA) is 97.1 Å². The van der Waals surface area contributed by atoms with E-state index in [2.05, 4.69) is 25.6 Å². The van der Waals surface area contributed by atoms with Crippen LogP contribution in [0.2, 0.25) is 0 Å². The van der Waals surface area contributed by atoms with Crippen molar-refractivity contribution in [3.63, 3.8) is 0 Å². The predicted octanol–water partition coefficient (Wildman–Crippen LogP) is 3.66. The Morgan fingerprint density at radius 3 is 2.75 bits per heavy atom. The maximum absolute atomic E-state index is 14.3. The van der Waals surface area contributed by atoms with Crippen molar-refractivity contribution >= 4 is 28.7 Å². The first-order valence-corrected chi connectivity index (χ1v) is 9.98. The molecule has 1 aromatic carbocycles. The van der Waals surface area contributed by atoms with E-state index in [0.717, 1.165) is 0 Å². The van der Waals surface area contributed by atoms with Crippen LogP contribution in [0.15, 0.2) is 18.3 Å². The molecule has 5 rings (SSSR count). The number of imidazole rings is 1.